The molecule has 0 spiro atoms. The fourth-order valence-electron chi connectivity index (χ4n) is 1.59. The highest BCUT2D eigenvalue weighted by molar-refractivity contribution is 5.92. The van der Waals surface area contributed by atoms with E-state index in [4.69, 9.17) is 4.74 Å². The molecule has 0 aliphatic carbocycles. The van der Waals surface area contributed by atoms with E-state index in [9.17, 15) is 9.90 Å². The predicted octanol–water partition coefficient (Wildman–Crippen LogP) is 3.21. The zero-order valence-electron chi connectivity index (χ0n) is 12.8. The third kappa shape index (κ3) is 4.85. The second-order valence-electron chi connectivity index (χ2n) is 5.39. The molecule has 4 nitrogen and oxygen atoms in total. The molecule has 0 atom stereocenters. The van der Waals surface area contributed by atoms with E-state index in [0.29, 0.717) is 18.6 Å². The Balaban J connectivity index is 2.57. The molecule has 1 amide bonds. The van der Waals surface area contributed by atoms with Gasteiger partial charge in [-0.2, -0.15) is 0 Å². The van der Waals surface area contributed by atoms with Crippen molar-refractivity contribution >= 4 is 11.6 Å². The van der Waals surface area contributed by atoms with Gasteiger partial charge in [-0.1, -0.05) is 27.7 Å². The van der Waals surface area contributed by atoms with Crippen LogP contribution in [0.2, 0.25) is 0 Å². The van der Waals surface area contributed by atoms with Crippen molar-refractivity contribution in [1.82, 2.24) is 0 Å². The van der Waals surface area contributed by atoms with Gasteiger partial charge in [-0.25, -0.2) is 0 Å². The number of hydrogen-bond donors (Lipinski definition) is 2. The molecular formula is C16H25NO3. The highest BCUT2D eigenvalue weighted by Gasteiger charge is 2.22. The van der Waals surface area contributed by atoms with Gasteiger partial charge in [0.1, 0.15) is 12.4 Å². The summed E-state index contributed by atoms with van der Waals surface area (Å²) >= 11 is 0. The Labute approximate surface area is 121 Å². The zero-order chi connectivity index (χ0) is 15.2. The molecule has 0 fully saturated rings. The minimum Gasteiger partial charge on any atom is -0.491 e. The Morgan fingerprint density at radius 3 is 2.25 bits per heavy atom. The van der Waals surface area contributed by atoms with Crippen LogP contribution >= 0.6 is 0 Å². The summed E-state index contributed by atoms with van der Waals surface area (Å²) in [6.45, 7) is 7.86. The number of nitrogens with one attached hydrogen (secondary N) is 1. The van der Waals surface area contributed by atoms with Crippen molar-refractivity contribution in [2.45, 2.75) is 46.1 Å². The van der Waals surface area contributed by atoms with E-state index in [1.54, 1.807) is 24.3 Å². The molecule has 0 heterocycles. The summed E-state index contributed by atoms with van der Waals surface area (Å²) in [5, 5.41) is 13.0. The molecule has 0 aliphatic rings. The number of anilines is 1. The first kappa shape index (κ1) is 16.5. The average Bonchev–Trinajstić information content (AvgIpc) is 2.46. The van der Waals surface area contributed by atoms with E-state index in [1.807, 2.05) is 27.7 Å². The third-order valence-corrected chi connectivity index (χ3v) is 3.47. The lowest BCUT2D eigenvalue weighted by atomic mass is 9.99. The molecule has 0 bridgehead atoms. The van der Waals surface area contributed by atoms with Gasteiger partial charge >= 0.3 is 0 Å². The van der Waals surface area contributed by atoms with Crippen molar-refractivity contribution < 1.29 is 14.6 Å². The normalized spacial score (nSPS) is 11.5. The third-order valence-electron chi connectivity index (χ3n) is 3.47. The Bertz CT molecular complexity index is 422. The second kappa shape index (κ2) is 7.29. The average molecular weight is 279 g/mol. The lowest BCUT2D eigenvalue weighted by molar-refractivity contribution is -0.118. The first-order valence-electron chi connectivity index (χ1n) is 7.16. The molecule has 0 aromatic heterocycles. The molecule has 1 aromatic carbocycles. The maximum atomic E-state index is 11.6. The monoisotopic (exact) mass is 279 g/mol. The molecule has 1 aromatic rings. The van der Waals surface area contributed by atoms with Crippen LogP contribution < -0.4 is 10.1 Å². The Kier molecular flexibility index (Phi) is 6.02. The quantitative estimate of drug-likeness (QED) is 0.805. The predicted molar refractivity (Wildman–Crippen MR) is 80.9 cm³/mol. The molecule has 0 unspecified atom stereocenters. The summed E-state index contributed by atoms with van der Waals surface area (Å²) in [6, 6.07) is 7.18. The minimum atomic E-state index is -0.773. The van der Waals surface area contributed by atoms with Crippen LogP contribution in [0.25, 0.3) is 0 Å². The van der Waals surface area contributed by atoms with Crippen LogP contribution in [0.3, 0.4) is 0 Å². The SMILES string of the molecule is CCC(O)(CC)COc1ccc(NC(=O)C(C)C)cc1. The van der Waals surface area contributed by atoms with Crippen molar-refractivity contribution in [3.05, 3.63) is 24.3 Å². The van der Waals surface area contributed by atoms with Gasteiger partial charge < -0.3 is 15.2 Å². The first-order chi connectivity index (χ1) is 9.40. The Hall–Kier alpha value is -1.55. The number of aliphatic hydroxyl groups is 1. The van der Waals surface area contributed by atoms with Crippen LogP contribution in [0.15, 0.2) is 24.3 Å². The van der Waals surface area contributed by atoms with Gasteiger partial charge in [0, 0.05) is 11.6 Å². The zero-order valence-corrected chi connectivity index (χ0v) is 12.8. The van der Waals surface area contributed by atoms with Gasteiger partial charge in [0.2, 0.25) is 5.91 Å². The van der Waals surface area contributed by atoms with Crippen molar-refractivity contribution in [2.24, 2.45) is 5.92 Å². The highest BCUT2D eigenvalue weighted by atomic mass is 16.5. The van der Waals surface area contributed by atoms with Crippen LogP contribution in [0.5, 0.6) is 5.75 Å². The van der Waals surface area contributed by atoms with Crippen LogP contribution in [0.1, 0.15) is 40.5 Å². The summed E-state index contributed by atoms with van der Waals surface area (Å²) in [7, 11) is 0. The maximum absolute atomic E-state index is 11.6. The lowest BCUT2D eigenvalue weighted by Crippen LogP contribution is -2.34. The molecule has 0 radical (unpaired) electrons. The molecule has 0 saturated heterocycles. The largest absolute Gasteiger partial charge is 0.491 e. The lowest BCUT2D eigenvalue weighted by Gasteiger charge is -2.25. The van der Waals surface area contributed by atoms with Crippen LogP contribution in [0, 0.1) is 5.92 Å². The maximum Gasteiger partial charge on any atom is 0.226 e. The van der Waals surface area contributed by atoms with Crippen LogP contribution in [-0.4, -0.2) is 23.2 Å². The summed E-state index contributed by atoms with van der Waals surface area (Å²) < 4.78 is 5.60. The number of rotatable bonds is 7. The van der Waals surface area contributed by atoms with E-state index in [1.165, 1.54) is 0 Å². The number of ether oxygens (including phenoxy) is 1. The summed E-state index contributed by atoms with van der Waals surface area (Å²) in [6.07, 6.45) is 1.32. The van der Waals surface area contributed by atoms with E-state index in [-0.39, 0.29) is 18.4 Å². The summed E-state index contributed by atoms with van der Waals surface area (Å²) in [4.78, 5) is 11.6. The number of amides is 1. The number of carbonyl (C=O) groups is 1. The molecule has 2 N–H and O–H groups in total. The fourth-order valence-corrected chi connectivity index (χ4v) is 1.59. The van der Waals surface area contributed by atoms with Crippen LogP contribution in [0.4, 0.5) is 5.69 Å². The van der Waals surface area contributed by atoms with E-state index in [0.717, 1.165) is 5.69 Å². The molecule has 20 heavy (non-hydrogen) atoms. The van der Waals surface area contributed by atoms with Gasteiger partial charge in [-0.3, -0.25) is 4.79 Å². The molecule has 1 rings (SSSR count). The van der Waals surface area contributed by atoms with Gasteiger partial charge in [0.25, 0.3) is 0 Å². The van der Waals surface area contributed by atoms with Crippen molar-refractivity contribution in [1.29, 1.82) is 0 Å². The molecule has 0 saturated carbocycles. The molecule has 4 heteroatoms. The topological polar surface area (TPSA) is 58.6 Å². The first-order valence-corrected chi connectivity index (χ1v) is 7.16. The van der Waals surface area contributed by atoms with Gasteiger partial charge in [0.05, 0.1) is 5.60 Å². The number of carbonyl (C=O) groups excluding carboxylic acids is 1. The molecular weight excluding hydrogens is 254 g/mol. The van der Waals surface area contributed by atoms with E-state index < -0.39 is 5.60 Å². The van der Waals surface area contributed by atoms with Crippen molar-refractivity contribution in [3.63, 3.8) is 0 Å². The number of hydrogen-bond acceptors (Lipinski definition) is 3. The van der Waals surface area contributed by atoms with E-state index >= 15 is 0 Å². The second-order valence-corrected chi connectivity index (χ2v) is 5.39. The standard InChI is InChI=1S/C16H25NO3/c1-5-16(19,6-2)11-20-14-9-7-13(8-10-14)17-15(18)12(3)4/h7-10,12,19H,5-6,11H2,1-4H3,(H,17,18). The van der Waals surface area contributed by atoms with E-state index in [2.05, 4.69) is 5.32 Å². The van der Waals surface area contributed by atoms with Crippen LogP contribution in [-0.2, 0) is 4.79 Å². The number of benzene rings is 1. The Morgan fingerprint density at radius 2 is 1.80 bits per heavy atom. The van der Waals surface area contributed by atoms with Crippen molar-refractivity contribution in [3.8, 4) is 5.75 Å². The van der Waals surface area contributed by atoms with Gasteiger partial charge in [-0.05, 0) is 37.1 Å². The molecule has 112 valence electrons. The minimum absolute atomic E-state index is 0.00925. The highest BCUT2D eigenvalue weighted by Crippen LogP contribution is 2.20. The fraction of sp³-hybridized carbons (Fsp3) is 0.562. The summed E-state index contributed by atoms with van der Waals surface area (Å²) in [5.41, 5.74) is -0.0258. The van der Waals surface area contributed by atoms with Gasteiger partial charge in [-0.15, -0.1) is 0 Å². The van der Waals surface area contributed by atoms with Crippen molar-refractivity contribution in [2.75, 3.05) is 11.9 Å². The summed E-state index contributed by atoms with van der Waals surface area (Å²) in [5.74, 6) is 0.632. The van der Waals surface area contributed by atoms with Gasteiger partial charge in [0.15, 0.2) is 0 Å². The molecule has 0 aliphatic heterocycles. The Morgan fingerprint density at radius 1 is 1.25 bits per heavy atom. The smallest absolute Gasteiger partial charge is 0.226 e.